The molecule has 0 radical (unpaired) electrons. The number of rotatable bonds is 5. The van der Waals surface area contributed by atoms with E-state index in [1.807, 2.05) is 0 Å². The van der Waals surface area contributed by atoms with Crippen molar-refractivity contribution in [3.8, 4) is 0 Å². The highest BCUT2D eigenvalue weighted by molar-refractivity contribution is 6.36. The lowest BCUT2D eigenvalue weighted by molar-refractivity contribution is -0.135. The van der Waals surface area contributed by atoms with Crippen molar-refractivity contribution in [1.82, 2.24) is 9.88 Å². The Morgan fingerprint density at radius 3 is 2.93 bits per heavy atom. The van der Waals surface area contributed by atoms with Gasteiger partial charge in [-0.25, -0.2) is 4.79 Å². The van der Waals surface area contributed by atoms with E-state index in [9.17, 15) is 10.0 Å². The molecule has 150 valence electrons. The van der Waals surface area contributed by atoms with Gasteiger partial charge in [-0.3, -0.25) is 4.90 Å². The third-order valence-electron chi connectivity index (χ3n) is 6.39. The van der Waals surface area contributed by atoms with Crippen LogP contribution in [0.15, 0.2) is 29.4 Å². The van der Waals surface area contributed by atoms with Crippen LogP contribution in [0, 0.1) is 5.92 Å². The van der Waals surface area contributed by atoms with Gasteiger partial charge in [0.1, 0.15) is 0 Å². The summed E-state index contributed by atoms with van der Waals surface area (Å²) in [6.45, 7) is 6.24. The zero-order chi connectivity index (χ0) is 19.7. The number of oxime groups is 1. The first-order valence-electron chi connectivity index (χ1n) is 10.4. The summed E-state index contributed by atoms with van der Waals surface area (Å²) in [6, 6.07) is 8.77. The largest absolute Gasteiger partial charge is 0.461 e. The molecule has 1 aromatic heterocycles. The Morgan fingerprint density at radius 1 is 1.36 bits per heavy atom. The minimum absolute atomic E-state index is 0.0910. The summed E-state index contributed by atoms with van der Waals surface area (Å²) in [5.74, 6) is 0.199. The number of hydrogen-bond donors (Lipinski definition) is 2. The van der Waals surface area contributed by atoms with Crippen LogP contribution >= 0.6 is 0 Å². The van der Waals surface area contributed by atoms with Gasteiger partial charge in [0.2, 0.25) is 0 Å². The Labute approximate surface area is 165 Å². The average Bonchev–Trinajstić information content (AvgIpc) is 3.11. The lowest BCUT2D eigenvalue weighted by Crippen LogP contribution is -2.45. The number of aromatic amines is 1. The molecular formula is C22H29N3O3. The second-order valence-electron chi connectivity index (χ2n) is 7.92. The van der Waals surface area contributed by atoms with E-state index in [1.165, 1.54) is 29.5 Å². The van der Waals surface area contributed by atoms with E-state index >= 15 is 0 Å². The van der Waals surface area contributed by atoms with Crippen molar-refractivity contribution in [2.24, 2.45) is 11.1 Å². The van der Waals surface area contributed by atoms with Crippen LogP contribution in [-0.2, 0) is 9.53 Å². The summed E-state index contributed by atoms with van der Waals surface area (Å²) in [5, 5.41) is 13.9. The molecule has 0 bridgehead atoms. The first-order valence-corrected chi connectivity index (χ1v) is 10.4. The minimum Gasteiger partial charge on any atom is -0.461 e. The molecule has 28 heavy (non-hydrogen) atoms. The summed E-state index contributed by atoms with van der Waals surface area (Å²) >= 11 is 0. The molecule has 2 N–H and O–H groups in total. The van der Waals surface area contributed by atoms with Gasteiger partial charge >= 0.3 is 5.97 Å². The van der Waals surface area contributed by atoms with Crippen LogP contribution in [0.3, 0.4) is 0 Å². The van der Waals surface area contributed by atoms with Gasteiger partial charge in [-0.2, -0.15) is 0 Å². The number of carbonyl (C=O) groups is 1. The molecule has 1 aromatic carbocycles. The fraction of sp³-hybridized carbons (Fsp3) is 0.545. The van der Waals surface area contributed by atoms with E-state index in [2.05, 4.69) is 46.2 Å². The molecule has 2 aliphatic rings. The van der Waals surface area contributed by atoms with E-state index in [0.717, 1.165) is 25.0 Å². The molecule has 6 nitrogen and oxygen atoms in total. The number of piperidine rings is 1. The molecule has 6 heteroatoms. The maximum absolute atomic E-state index is 12.2. The Hall–Kier alpha value is -2.34. The first-order chi connectivity index (χ1) is 13.7. The lowest BCUT2D eigenvalue weighted by atomic mass is 9.77. The van der Waals surface area contributed by atoms with Crippen molar-refractivity contribution < 1.29 is 14.7 Å². The highest BCUT2D eigenvalue weighted by atomic mass is 16.5. The van der Waals surface area contributed by atoms with Crippen LogP contribution in [0.5, 0.6) is 0 Å². The molecule has 0 amide bonds. The Bertz CT molecular complexity index is 888. The van der Waals surface area contributed by atoms with Gasteiger partial charge in [0, 0.05) is 35.5 Å². The normalized spacial score (nSPS) is 25.4. The zero-order valence-corrected chi connectivity index (χ0v) is 16.6. The zero-order valence-electron chi connectivity index (χ0n) is 16.6. The van der Waals surface area contributed by atoms with Crippen molar-refractivity contribution in [2.45, 2.75) is 51.5 Å². The molecule has 0 saturated carbocycles. The summed E-state index contributed by atoms with van der Waals surface area (Å²) in [7, 11) is 0. The Balaban J connectivity index is 1.77. The SMILES string of the molecule is CCOC(=O)C(C[C@@H]1CN2CCCC(CC)[C@H]2c2[nH]c3ccccc3c21)=NO. The van der Waals surface area contributed by atoms with E-state index in [4.69, 9.17) is 4.74 Å². The van der Waals surface area contributed by atoms with Gasteiger partial charge in [0.25, 0.3) is 0 Å². The molecule has 1 fully saturated rings. The molecule has 2 aliphatic heterocycles. The van der Waals surface area contributed by atoms with E-state index in [0.29, 0.717) is 18.4 Å². The third kappa shape index (κ3) is 3.20. The maximum Gasteiger partial charge on any atom is 0.356 e. The van der Waals surface area contributed by atoms with Crippen LogP contribution in [0.25, 0.3) is 10.9 Å². The standard InChI is InChI=1S/C22H29N3O3/c1-3-14-8-7-11-25-13-15(12-18(24-27)22(26)28-4-2)19-16-9-5-6-10-17(16)23-20(19)21(14)25/h5-6,9-10,14-15,21,23,27H,3-4,7-8,11-13H2,1-2H3/t14?,15-,21+/m1/s1. The summed E-state index contributed by atoms with van der Waals surface area (Å²) in [6.07, 6.45) is 4.00. The average molecular weight is 383 g/mol. The van der Waals surface area contributed by atoms with Crippen LogP contribution < -0.4 is 0 Å². The summed E-state index contributed by atoms with van der Waals surface area (Å²) in [4.78, 5) is 18.5. The lowest BCUT2D eigenvalue weighted by Gasteiger charge is -2.46. The highest BCUT2D eigenvalue weighted by Crippen LogP contribution is 2.48. The molecule has 0 aliphatic carbocycles. The minimum atomic E-state index is -0.529. The van der Waals surface area contributed by atoms with Crippen molar-refractivity contribution in [3.05, 3.63) is 35.5 Å². The van der Waals surface area contributed by atoms with Crippen LogP contribution in [-0.4, -0.2) is 46.5 Å². The van der Waals surface area contributed by atoms with Gasteiger partial charge in [-0.1, -0.05) is 36.7 Å². The number of aromatic nitrogens is 1. The predicted molar refractivity (Wildman–Crippen MR) is 109 cm³/mol. The van der Waals surface area contributed by atoms with E-state index in [1.54, 1.807) is 6.92 Å². The molecule has 0 spiro atoms. The molecule has 1 unspecified atom stereocenters. The van der Waals surface area contributed by atoms with Crippen molar-refractivity contribution in [3.63, 3.8) is 0 Å². The summed E-state index contributed by atoms with van der Waals surface area (Å²) < 4.78 is 5.08. The van der Waals surface area contributed by atoms with Crippen molar-refractivity contribution in [1.29, 1.82) is 0 Å². The molecule has 3 heterocycles. The second-order valence-corrected chi connectivity index (χ2v) is 7.92. The van der Waals surface area contributed by atoms with Gasteiger partial charge < -0.3 is 14.9 Å². The van der Waals surface area contributed by atoms with Crippen molar-refractivity contribution >= 4 is 22.6 Å². The number of nitrogens with one attached hydrogen (secondary N) is 1. The van der Waals surface area contributed by atoms with Crippen molar-refractivity contribution in [2.75, 3.05) is 19.7 Å². The predicted octanol–water partition coefficient (Wildman–Crippen LogP) is 4.21. The molecular weight excluding hydrogens is 354 g/mol. The number of carbonyl (C=O) groups excluding carboxylic acids is 1. The van der Waals surface area contributed by atoms with Crippen LogP contribution in [0.1, 0.15) is 62.7 Å². The van der Waals surface area contributed by atoms with Gasteiger partial charge in [-0.15, -0.1) is 0 Å². The number of nitrogens with zero attached hydrogens (tertiary/aromatic N) is 2. The third-order valence-corrected chi connectivity index (χ3v) is 6.39. The highest BCUT2D eigenvalue weighted by Gasteiger charge is 2.41. The molecule has 4 rings (SSSR count). The quantitative estimate of drug-likeness (QED) is 0.351. The summed E-state index contributed by atoms with van der Waals surface area (Å²) in [5.41, 5.74) is 3.80. The van der Waals surface area contributed by atoms with E-state index < -0.39 is 5.97 Å². The van der Waals surface area contributed by atoms with Gasteiger partial charge in [0.05, 0.1) is 12.6 Å². The molecule has 2 aromatic rings. The number of esters is 1. The Morgan fingerprint density at radius 2 is 2.18 bits per heavy atom. The molecule has 3 atom stereocenters. The Kier molecular flexibility index (Phi) is 5.40. The number of para-hydroxylation sites is 1. The van der Waals surface area contributed by atoms with Crippen LogP contribution in [0.2, 0.25) is 0 Å². The monoisotopic (exact) mass is 383 g/mol. The topological polar surface area (TPSA) is 77.9 Å². The number of fused-ring (bicyclic) bond motifs is 5. The first kappa shape index (κ1) is 19.0. The smallest absolute Gasteiger partial charge is 0.356 e. The van der Waals surface area contributed by atoms with Crippen LogP contribution in [0.4, 0.5) is 0 Å². The second kappa shape index (κ2) is 7.95. The number of ether oxygens (including phenoxy) is 1. The molecule has 1 saturated heterocycles. The van der Waals surface area contributed by atoms with E-state index in [-0.39, 0.29) is 18.2 Å². The van der Waals surface area contributed by atoms with Gasteiger partial charge in [0.15, 0.2) is 5.71 Å². The number of H-pyrrole nitrogens is 1. The maximum atomic E-state index is 12.2. The fourth-order valence-electron chi connectivity index (χ4n) is 5.21. The number of benzene rings is 1. The van der Waals surface area contributed by atoms with Gasteiger partial charge in [-0.05, 0) is 43.9 Å². The number of hydrogen-bond acceptors (Lipinski definition) is 5. The fourth-order valence-corrected chi connectivity index (χ4v) is 5.21.